The zero-order valence-electron chi connectivity index (χ0n) is 14.9. The van der Waals surface area contributed by atoms with Gasteiger partial charge >= 0.3 is 5.97 Å². The SMILES string of the molecule is O=C(O)CC1(NC(=O)c2cccc(OCc3cccnc3)c2)CCOCC1. The Morgan fingerprint density at radius 3 is 2.74 bits per heavy atom. The second kappa shape index (κ2) is 8.64. The zero-order valence-corrected chi connectivity index (χ0v) is 14.9. The summed E-state index contributed by atoms with van der Waals surface area (Å²) in [6.45, 7) is 1.21. The third-order valence-electron chi connectivity index (χ3n) is 4.54. The number of amides is 1. The number of carbonyl (C=O) groups excluding carboxylic acids is 1. The van der Waals surface area contributed by atoms with Crippen LogP contribution in [0.2, 0.25) is 0 Å². The summed E-state index contributed by atoms with van der Waals surface area (Å²) in [5.74, 6) is -0.693. The zero-order chi connectivity index (χ0) is 19.1. The minimum atomic E-state index is -0.939. The molecule has 1 aliphatic heterocycles. The van der Waals surface area contributed by atoms with Gasteiger partial charge in [-0.2, -0.15) is 0 Å². The molecule has 142 valence electrons. The van der Waals surface area contributed by atoms with Crippen LogP contribution >= 0.6 is 0 Å². The van der Waals surface area contributed by atoms with Gasteiger partial charge in [0.15, 0.2) is 0 Å². The number of carbonyl (C=O) groups is 2. The van der Waals surface area contributed by atoms with E-state index in [4.69, 9.17) is 9.47 Å². The van der Waals surface area contributed by atoms with Crippen molar-refractivity contribution in [3.05, 3.63) is 59.9 Å². The fourth-order valence-corrected chi connectivity index (χ4v) is 3.09. The molecule has 0 bridgehead atoms. The molecule has 1 aliphatic rings. The molecule has 0 aliphatic carbocycles. The first-order chi connectivity index (χ1) is 13.1. The summed E-state index contributed by atoms with van der Waals surface area (Å²) in [6.07, 6.45) is 4.23. The van der Waals surface area contributed by atoms with E-state index in [1.165, 1.54) is 0 Å². The second-order valence-corrected chi connectivity index (χ2v) is 6.60. The number of hydrogen-bond donors (Lipinski definition) is 2. The maximum absolute atomic E-state index is 12.7. The van der Waals surface area contributed by atoms with Crippen molar-refractivity contribution in [2.45, 2.75) is 31.4 Å². The Bertz CT molecular complexity index is 788. The van der Waals surface area contributed by atoms with Crippen LogP contribution in [-0.4, -0.2) is 40.7 Å². The molecule has 7 nitrogen and oxygen atoms in total. The maximum Gasteiger partial charge on any atom is 0.305 e. The van der Waals surface area contributed by atoms with Gasteiger partial charge in [0, 0.05) is 36.7 Å². The fraction of sp³-hybridized carbons (Fsp3) is 0.350. The van der Waals surface area contributed by atoms with E-state index in [1.54, 1.807) is 36.7 Å². The van der Waals surface area contributed by atoms with Crippen LogP contribution < -0.4 is 10.1 Å². The lowest BCUT2D eigenvalue weighted by Crippen LogP contribution is -2.53. The molecule has 1 saturated heterocycles. The molecule has 2 heterocycles. The quantitative estimate of drug-likeness (QED) is 0.777. The van der Waals surface area contributed by atoms with Crippen LogP contribution in [0.5, 0.6) is 5.75 Å². The predicted octanol–water partition coefficient (Wildman–Crippen LogP) is 2.41. The van der Waals surface area contributed by atoms with Gasteiger partial charge in [0.1, 0.15) is 12.4 Å². The first kappa shape index (κ1) is 18.8. The fourth-order valence-electron chi connectivity index (χ4n) is 3.09. The Labute approximate surface area is 157 Å². The standard InChI is InChI=1S/C20H22N2O5/c23-18(24)12-20(6-9-26-10-7-20)22-19(25)16-4-1-5-17(11-16)27-14-15-3-2-8-21-13-15/h1-5,8,11,13H,6-7,9-10,12,14H2,(H,22,25)(H,23,24). The Morgan fingerprint density at radius 1 is 1.22 bits per heavy atom. The molecule has 3 rings (SSSR count). The molecule has 0 unspecified atom stereocenters. The van der Waals surface area contributed by atoms with E-state index in [9.17, 15) is 14.7 Å². The summed E-state index contributed by atoms with van der Waals surface area (Å²) < 4.78 is 11.0. The largest absolute Gasteiger partial charge is 0.489 e. The summed E-state index contributed by atoms with van der Waals surface area (Å²) in [7, 11) is 0. The van der Waals surface area contributed by atoms with Crippen LogP contribution in [0.1, 0.15) is 35.2 Å². The van der Waals surface area contributed by atoms with Gasteiger partial charge in [0.05, 0.1) is 12.0 Å². The van der Waals surface area contributed by atoms with Crippen molar-refractivity contribution >= 4 is 11.9 Å². The van der Waals surface area contributed by atoms with E-state index in [-0.39, 0.29) is 12.3 Å². The van der Waals surface area contributed by atoms with Crippen LogP contribution in [0.25, 0.3) is 0 Å². The Morgan fingerprint density at radius 2 is 2.04 bits per heavy atom. The average molecular weight is 370 g/mol. The van der Waals surface area contributed by atoms with E-state index in [0.29, 0.717) is 44.0 Å². The molecule has 0 radical (unpaired) electrons. The third kappa shape index (κ3) is 5.27. The molecular weight excluding hydrogens is 348 g/mol. The molecular formula is C20H22N2O5. The van der Waals surface area contributed by atoms with Crippen LogP contribution in [0.4, 0.5) is 0 Å². The van der Waals surface area contributed by atoms with Crippen LogP contribution in [0, 0.1) is 0 Å². The van der Waals surface area contributed by atoms with E-state index in [2.05, 4.69) is 10.3 Å². The van der Waals surface area contributed by atoms with Crippen molar-refractivity contribution in [1.82, 2.24) is 10.3 Å². The summed E-state index contributed by atoms with van der Waals surface area (Å²) in [6, 6.07) is 10.6. The summed E-state index contributed by atoms with van der Waals surface area (Å²) in [5, 5.41) is 12.1. The number of hydrogen-bond acceptors (Lipinski definition) is 5. The highest BCUT2D eigenvalue weighted by atomic mass is 16.5. The average Bonchev–Trinajstić information content (AvgIpc) is 2.67. The van der Waals surface area contributed by atoms with Crippen molar-refractivity contribution < 1.29 is 24.2 Å². The first-order valence-electron chi connectivity index (χ1n) is 8.80. The van der Waals surface area contributed by atoms with Gasteiger partial charge in [-0.1, -0.05) is 12.1 Å². The highest BCUT2D eigenvalue weighted by Crippen LogP contribution is 2.25. The monoisotopic (exact) mass is 370 g/mol. The van der Waals surface area contributed by atoms with Gasteiger partial charge in [0.25, 0.3) is 5.91 Å². The number of aliphatic carboxylic acids is 1. The van der Waals surface area contributed by atoms with E-state index < -0.39 is 11.5 Å². The highest BCUT2D eigenvalue weighted by molar-refractivity contribution is 5.95. The number of ether oxygens (including phenoxy) is 2. The molecule has 7 heteroatoms. The first-order valence-corrected chi connectivity index (χ1v) is 8.80. The number of pyridine rings is 1. The topological polar surface area (TPSA) is 97.8 Å². The van der Waals surface area contributed by atoms with Crippen molar-refractivity contribution in [3.8, 4) is 5.75 Å². The molecule has 2 N–H and O–H groups in total. The highest BCUT2D eigenvalue weighted by Gasteiger charge is 2.36. The Hall–Kier alpha value is -2.93. The molecule has 0 saturated carbocycles. The third-order valence-corrected chi connectivity index (χ3v) is 4.54. The molecule has 2 aromatic rings. The van der Waals surface area contributed by atoms with Crippen LogP contribution in [0.15, 0.2) is 48.8 Å². The van der Waals surface area contributed by atoms with Crippen LogP contribution in [0.3, 0.4) is 0 Å². The summed E-state index contributed by atoms with van der Waals surface area (Å²) in [4.78, 5) is 28.0. The Kier molecular flexibility index (Phi) is 6.03. The molecule has 1 aromatic carbocycles. The summed E-state index contributed by atoms with van der Waals surface area (Å²) >= 11 is 0. The molecule has 0 atom stereocenters. The smallest absolute Gasteiger partial charge is 0.305 e. The van der Waals surface area contributed by atoms with E-state index in [0.717, 1.165) is 5.56 Å². The minimum Gasteiger partial charge on any atom is -0.489 e. The lowest BCUT2D eigenvalue weighted by atomic mass is 9.86. The molecule has 1 fully saturated rings. The van der Waals surface area contributed by atoms with Gasteiger partial charge < -0.3 is 19.9 Å². The summed E-state index contributed by atoms with van der Waals surface area (Å²) in [5.41, 5.74) is 0.568. The number of benzene rings is 1. The van der Waals surface area contributed by atoms with Crippen molar-refractivity contribution in [1.29, 1.82) is 0 Å². The second-order valence-electron chi connectivity index (χ2n) is 6.60. The van der Waals surface area contributed by atoms with Crippen molar-refractivity contribution in [3.63, 3.8) is 0 Å². The van der Waals surface area contributed by atoms with Crippen molar-refractivity contribution in [2.75, 3.05) is 13.2 Å². The molecule has 1 aromatic heterocycles. The maximum atomic E-state index is 12.7. The number of aromatic nitrogens is 1. The number of carboxylic acid groups (broad SMARTS) is 1. The molecule has 27 heavy (non-hydrogen) atoms. The normalized spacial score (nSPS) is 15.7. The van der Waals surface area contributed by atoms with Gasteiger partial charge in [-0.25, -0.2) is 0 Å². The number of rotatable bonds is 7. The lowest BCUT2D eigenvalue weighted by molar-refractivity contribution is -0.139. The van der Waals surface area contributed by atoms with Gasteiger partial charge in [-0.3, -0.25) is 14.6 Å². The molecule has 1 amide bonds. The number of nitrogens with zero attached hydrogens (tertiary/aromatic N) is 1. The van der Waals surface area contributed by atoms with Crippen LogP contribution in [-0.2, 0) is 16.1 Å². The number of nitrogens with one attached hydrogen (secondary N) is 1. The minimum absolute atomic E-state index is 0.126. The number of carboxylic acids is 1. The van der Waals surface area contributed by atoms with Gasteiger partial charge in [0.2, 0.25) is 0 Å². The van der Waals surface area contributed by atoms with E-state index in [1.807, 2.05) is 12.1 Å². The Balaban J connectivity index is 1.67. The van der Waals surface area contributed by atoms with Crippen molar-refractivity contribution in [2.24, 2.45) is 0 Å². The van der Waals surface area contributed by atoms with Gasteiger partial charge in [-0.05, 0) is 37.1 Å². The lowest BCUT2D eigenvalue weighted by Gasteiger charge is -2.36. The molecule has 0 spiro atoms. The predicted molar refractivity (Wildman–Crippen MR) is 97.5 cm³/mol. The van der Waals surface area contributed by atoms with Gasteiger partial charge in [-0.15, -0.1) is 0 Å². The van der Waals surface area contributed by atoms with E-state index >= 15 is 0 Å².